The van der Waals surface area contributed by atoms with Crippen molar-refractivity contribution in [3.63, 3.8) is 0 Å². The summed E-state index contributed by atoms with van der Waals surface area (Å²) in [5.74, 6) is -1.50. The van der Waals surface area contributed by atoms with Crippen molar-refractivity contribution in [2.24, 2.45) is 5.41 Å². The van der Waals surface area contributed by atoms with Crippen LogP contribution in [0, 0.1) is 5.41 Å². The van der Waals surface area contributed by atoms with Gasteiger partial charge in [-0.1, -0.05) is 217 Å². The smallest absolute Gasteiger partial charge is 0.191 e. The van der Waals surface area contributed by atoms with Gasteiger partial charge in [0.15, 0.2) is 17.2 Å². The molecule has 0 amide bonds. The van der Waals surface area contributed by atoms with Crippen molar-refractivity contribution in [2.75, 3.05) is 7.11 Å². The Bertz CT molecular complexity index is 2320. The number of ether oxygens (including phenoxy) is 1. The fourth-order valence-electron chi connectivity index (χ4n) is 9.38. The number of Topliss-reactive ketones (excluding diaryl/α,β-unsaturated/α-hetero) is 2. The fraction of sp³-hybridized carbons (Fsp3) is 0.368. The fourth-order valence-corrected chi connectivity index (χ4v) is 9.38. The van der Waals surface area contributed by atoms with Gasteiger partial charge in [0.25, 0.3) is 0 Å². The number of ketones is 2. The quantitative estimate of drug-likeness (QED) is 0.116. The number of hydrogen-bond acceptors (Lipinski definition) is 3. The number of carbonyl (C=O) groups is 2. The molecule has 0 saturated carbocycles. The van der Waals surface area contributed by atoms with Crippen LogP contribution in [0.1, 0.15) is 145 Å². The molecule has 2 aliphatic rings. The SMILES string of the molecule is COC12C=C(c3ccccc3)C(=O)C(C(c3ccc(C(C)(C)C)cc3)c3ccc(C(C)(C)C)cc3)(C=C1C(c1ccc(C(C)(C)C)cc1)c1ccc(C(C)(C)C)cc1)C2=O. The summed E-state index contributed by atoms with van der Waals surface area (Å²) in [6.45, 7) is 26.6. The normalized spacial score (nSPS) is 19.9. The first-order valence-electron chi connectivity index (χ1n) is 21.6. The van der Waals surface area contributed by atoms with Gasteiger partial charge in [-0.3, -0.25) is 9.59 Å². The molecule has 3 heteroatoms. The number of benzene rings is 5. The summed E-state index contributed by atoms with van der Waals surface area (Å²) in [5.41, 5.74) is 7.31. The minimum Gasteiger partial charge on any atom is -0.362 e. The molecule has 0 saturated heterocycles. The molecule has 310 valence electrons. The molecule has 2 aliphatic carbocycles. The zero-order chi connectivity index (χ0) is 43.6. The molecular formula is C57H64O3. The van der Waals surface area contributed by atoms with E-state index in [1.54, 1.807) is 7.11 Å². The highest BCUT2D eigenvalue weighted by molar-refractivity contribution is 6.37. The standard InChI is InChI=1S/C57H64O3/c1-52(2,3)42-27-19-38(20-28-42)48(39-21-29-43(30-22-39)53(4,5)6)47-36-56(50(58)46(37-17-15-14-16-18-37)35-57(47,60-13)51(56)59)49(40-23-31-44(32-24-40)54(7,8)9)41-25-33-45(34-26-41)55(10,11)12/h14-36,48-49H,1-13H3. The lowest BCUT2D eigenvalue weighted by Gasteiger charge is -2.42. The van der Waals surface area contributed by atoms with Crippen LogP contribution in [0.5, 0.6) is 0 Å². The van der Waals surface area contributed by atoms with Crippen LogP contribution in [0.25, 0.3) is 5.57 Å². The Kier molecular flexibility index (Phi) is 10.8. The molecule has 60 heavy (non-hydrogen) atoms. The van der Waals surface area contributed by atoms with Crippen LogP contribution >= 0.6 is 0 Å². The number of allylic oxidation sites excluding steroid dienone is 2. The lowest BCUT2D eigenvalue weighted by Crippen LogP contribution is -2.54. The van der Waals surface area contributed by atoms with E-state index in [0.29, 0.717) is 5.57 Å². The summed E-state index contributed by atoms with van der Waals surface area (Å²) in [7, 11) is 1.63. The Morgan fingerprint density at radius 1 is 0.450 bits per heavy atom. The summed E-state index contributed by atoms with van der Waals surface area (Å²) in [5, 5.41) is 0. The second-order valence-electron chi connectivity index (χ2n) is 21.3. The molecule has 2 bridgehead atoms. The van der Waals surface area contributed by atoms with E-state index >= 15 is 9.59 Å². The Morgan fingerprint density at radius 2 is 0.800 bits per heavy atom. The molecule has 2 atom stereocenters. The third kappa shape index (κ3) is 7.49. The predicted molar refractivity (Wildman–Crippen MR) is 249 cm³/mol. The summed E-state index contributed by atoms with van der Waals surface area (Å²) in [6, 6.07) is 44.6. The van der Waals surface area contributed by atoms with Gasteiger partial charge >= 0.3 is 0 Å². The lowest BCUT2D eigenvalue weighted by atomic mass is 9.59. The summed E-state index contributed by atoms with van der Waals surface area (Å²) in [6.07, 6.45) is 3.89. The van der Waals surface area contributed by atoms with Crippen LogP contribution < -0.4 is 0 Å². The van der Waals surface area contributed by atoms with Crippen LogP contribution in [0.4, 0.5) is 0 Å². The van der Waals surface area contributed by atoms with E-state index in [1.807, 2.05) is 42.5 Å². The lowest BCUT2D eigenvalue weighted by molar-refractivity contribution is -0.145. The second kappa shape index (κ2) is 15.1. The Morgan fingerprint density at radius 3 is 1.13 bits per heavy atom. The van der Waals surface area contributed by atoms with Gasteiger partial charge in [0.1, 0.15) is 5.41 Å². The molecule has 0 radical (unpaired) electrons. The number of methoxy groups -OCH3 is 1. The van der Waals surface area contributed by atoms with Crippen LogP contribution in [0.2, 0.25) is 0 Å². The second-order valence-corrected chi connectivity index (χ2v) is 21.3. The highest BCUT2D eigenvalue weighted by Crippen LogP contribution is 2.61. The van der Waals surface area contributed by atoms with Gasteiger partial charge in [-0.25, -0.2) is 0 Å². The Labute approximate surface area is 360 Å². The highest BCUT2D eigenvalue weighted by Gasteiger charge is 2.68. The van der Waals surface area contributed by atoms with Crippen molar-refractivity contribution < 1.29 is 14.3 Å². The first kappa shape index (κ1) is 43.0. The first-order chi connectivity index (χ1) is 28.0. The first-order valence-corrected chi connectivity index (χ1v) is 21.6. The average Bonchev–Trinajstić information content (AvgIpc) is 3.37. The molecule has 5 aromatic rings. The highest BCUT2D eigenvalue weighted by atomic mass is 16.5. The van der Waals surface area contributed by atoms with Gasteiger partial charge < -0.3 is 4.74 Å². The molecule has 0 spiro atoms. The van der Waals surface area contributed by atoms with Crippen LogP contribution in [-0.4, -0.2) is 24.3 Å². The van der Waals surface area contributed by atoms with Crippen molar-refractivity contribution in [2.45, 2.75) is 122 Å². The predicted octanol–water partition coefficient (Wildman–Crippen LogP) is 13.4. The summed E-state index contributed by atoms with van der Waals surface area (Å²) >= 11 is 0. The Balaban J connectivity index is 1.58. The van der Waals surface area contributed by atoms with Gasteiger partial charge in [0, 0.05) is 24.5 Å². The Hall–Kier alpha value is -5.12. The van der Waals surface area contributed by atoms with Crippen molar-refractivity contribution in [3.05, 3.63) is 195 Å². The maximum absolute atomic E-state index is 16.2. The molecule has 2 unspecified atom stereocenters. The monoisotopic (exact) mass is 796 g/mol. The molecule has 3 nitrogen and oxygen atoms in total. The minimum absolute atomic E-state index is 0.0443. The zero-order valence-electron chi connectivity index (χ0n) is 38.2. The molecule has 0 aliphatic heterocycles. The third-order valence-electron chi connectivity index (χ3n) is 13.1. The van der Waals surface area contributed by atoms with Crippen molar-refractivity contribution in [1.29, 1.82) is 0 Å². The molecule has 7 rings (SSSR count). The van der Waals surface area contributed by atoms with Gasteiger partial charge in [0.2, 0.25) is 0 Å². The van der Waals surface area contributed by atoms with E-state index in [1.165, 1.54) is 22.3 Å². The van der Waals surface area contributed by atoms with E-state index in [-0.39, 0.29) is 33.2 Å². The minimum atomic E-state index is -1.63. The van der Waals surface area contributed by atoms with Gasteiger partial charge in [0.05, 0.1) is 0 Å². The van der Waals surface area contributed by atoms with Crippen molar-refractivity contribution in [1.82, 2.24) is 0 Å². The number of carbonyl (C=O) groups excluding carboxylic acids is 2. The van der Waals surface area contributed by atoms with Crippen LogP contribution in [0.3, 0.4) is 0 Å². The van der Waals surface area contributed by atoms with E-state index in [2.05, 4.69) is 180 Å². The number of fused-ring (bicyclic) bond motifs is 2. The van der Waals surface area contributed by atoms with Gasteiger partial charge in [-0.2, -0.15) is 0 Å². The van der Waals surface area contributed by atoms with E-state index < -0.39 is 22.9 Å². The van der Waals surface area contributed by atoms with Crippen molar-refractivity contribution in [3.8, 4) is 0 Å². The van der Waals surface area contributed by atoms with Crippen LogP contribution in [-0.2, 0) is 36.0 Å². The van der Waals surface area contributed by atoms with Gasteiger partial charge in [-0.05, 0) is 83.4 Å². The zero-order valence-corrected chi connectivity index (χ0v) is 38.2. The largest absolute Gasteiger partial charge is 0.362 e. The molecular weight excluding hydrogens is 733 g/mol. The van der Waals surface area contributed by atoms with Crippen LogP contribution in [0.15, 0.2) is 145 Å². The molecule has 0 heterocycles. The molecule has 0 fully saturated rings. The molecule has 0 N–H and O–H groups in total. The number of hydrogen-bond donors (Lipinski definition) is 0. The maximum atomic E-state index is 16.2. The maximum Gasteiger partial charge on any atom is 0.191 e. The van der Waals surface area contributed by atoms with E-state index in [4.69, 9.17) is 4.74 Å². The number of rotatable bonds is 8. The average molecular weight is 797 g/mol. The van der Waals surface area contributed by atoms with E-state index in [9.17, 15) is 0 Å². The van der Waals surface area contributed by atoms with E-state index in [0.717, 1.165) is 33.4 Å². The van der Waals surface area contributed by atoms with Crippen molar-refractivity contribution >= 4 is 17.1 Å². The molecule has 0 aromatic heterocycles. The van der Waals surface area contributed by atoms with Gasteiger partial charge in [-0.15, -0.1) is 0 Å². The third-order valence-corrected chi connectivity index (χ3v) is 13.1. The summed E-state index contributed by atoms with van der Waals surface area (Å²) in [4.78, 5) is 32.2. The molecule has 5 aromatic carbocycles. The summed E-state index contributed by atoms with van der Waals surface area (Å²) < 4.78 is 6.70. The topological polar surface area (TPSA) is 43.4 Å².